The lowest BCUT2D eigenvalue weighted by molar-refractivity contribution is -0.714. The number of aryl methyl sites for hydroxylation is 1. The van der Waals surface area contributed by atoms with Gasteiger partial charge in [0.1, 0.15) is 0 Å². The van der Waals surface area contributed by atoms with Crippen molar-refractivity contribution < 1.29 is 4.57 Å². The van der Waals surface area contributed by atoms with E-state index in [1.807, 2.05) is 11.3 Å². The standard InChI is InChI=1S/C11H16NS/c1-9-10(2)13-8-12(9)11-6-4-3-5-7-11/h4,6,8,11H,3,5,7H2,1-2H3/q+1/t11-/m0/s1. The molecule has 0 spiro atoms. The minimum atomic E-state index is 0.624. The van der Waals surface area contributed by atoms with Gasteiger partial charge in [-0.05, 0) is 25.8 Å². The molecule has 1 aliphatic rings. The number of hydrogen-bond acceptors (Lipinski definition) is 1. The van der Waals surface area contributed by atoms with Crippen molar-refractivity contribution in [1.82, 2.24) is 0 Å². The number of aromatic nitrogens is 1. The topological polar surface area (TPSA) is 3.88 Å². The molecule has 1 aromatic rings. The minimum absolute atomic E-state index is 0.624. The molecule has 1 aromatic heterocycles. The summed E-state index contributed by atoms with van der Waals surface area (Å²) in [5.41, 5.74) is 3.69. The molecular formula is C11H16NS+. The van der Waals surface area contributed by atoms with Crippen molar-refractivity contribution in [2.24, 2.45) is 0 Å². The Hall–Kier alpha value is -0.630. The van der Waals surface area contributed by atoms with E-state index >= 15 is 0 Å². The first-order chi connectivity index (χ1) is 6.29. The van der Waals surface area contributed by atoms with Crippen molar-refractivity contribution in [2.75, 3.05) is 0 Å². The van der Waals surface area contributed by atoms with Crippen LogP contribution in [0.5, 0.6) is 0 Å². The fraction of sp³-hybridized carbons (Fsp3) is 0.545. The Balaban J connectivity index is 2.29. The van der Waals surface area contributed by atoms with Gasteiger partial charge in [0.2, 0.25) is 5.51 Å². The Bertz CT molecular complexity index is 325. The molecule has 1 aliphatic carbocycles. The first-order valence-corrected chi connectivity index (χ1v) is 5.79. The molecule has 70 valence electrons. The first kappa shape index (κ1) is 8.95. The largest absolute Gasteiger partial charge is 0.225 e. The maximum atomic E-state index is 2.41. The van der Waals surface area contributed by atoms with Gasteiger partial charge in [0.25, 0.3) is 0 Å². The van der Waals surface area contributed by atoms with Gasteiger partial charge in [-0.3, -0.25) is 0 Å². The molecule has 0 fully saturated rings. The number of rotatable bonds is 1. The Morgan fingerprint density at radius 3 is 2.85 bits per heavy atom. The summed E-state index contributed by atoms with van der Waals surface area (Å²) in [7, 11) is 0. The van der Waals surface area contributed by atoms with Crippen molar-refractivity contribution in [3.05, 3.63) is 28.2 Å². The lowest BCUT2D eigenvalue weighted by Crippen LogP contribution is -2.39. The molecular weight excluding hydrogens is 178 g/mol. The number of allylic oxidation sites excluding steroid dienone is 2. The molecule has 13 heavy (non-hydrogen) atoms. The predicted molar refractivity (Wildman–Crippen MR) is 56.0 cm³/mol. The molecule has 1 nitrogen and oxygen atoms in total. The number of hydrogen-bond donors (Lipinski definition) is 0. The SMILES string of the molecule is Cc1sc[n+]([C@H]2C=CCCC2)c1C. The van der Waals surface area contributed by atoms with Gasteiger partial charge >= 0.3 is 0 Å². The van der Waals surface area contributed by atoms with Crippen LogP contribution in [-0.4, -0.2) is 0 Å². The molecule has 0 N–H and O–H groups in total. The van der Waals surface area contributed by atoms with Gasteiger partial charge in [-0.15, -0.1) is 0 Å². The van der Waals surface area contributed by atoms with E-state index in [9.17, 15) is 0 Å². The fourth-order valence-electron chi connectivity index (χ4n) is 1.84. The zero-order valence-electron chi connectivity index (χ0n) is 8.29. The van der Waals surface area contributed by atoms with E-state index in [4.69, 9.17) is 0 Å². The van der Waals surface area contributed by atoms with Gasteiger partial charge in [-0.25, -0.2) is 0 Å². The maximum Gasteiger partial charge on any atom is 0.225 e. The highest BCUT2D eigenvalue weighted by atomic mass is 32.1. The maximum absolute atomic E-state index is 2.41. The third-order valence-corrected chi connectivity index (χ3v) is 3.81. The van der Waals surface area contributed by atoms with Crippen molar-refractivity contribution >= 4 is 11.3 Å². The van der Waals surface area contributed by atoms with E-state index in [-0.39, 0.29) is 0 Å². The molecule has 0 radical (unpaired) electrons. The smallest absolute Gasteiger partial charge is 0.186 e. The van der Waals surface area contributed by atoms with Crippen LogP contribution in [0.4, 0.5) is 0 Å². The fourth-order valence-corrected chi connectivity index (χ4v) is 2.70. The summed E-state index contributed by atoms with van der Waals surface area (Å²) in [5, 5.41) is 0. The van der Waals surface area contributed by atoms with E-state index in [1.165, 1.54) is 29.8 Å². The second-order valence-electron chi connectivity index (χ2n) is 3.70. The molecule has 0 saturated carbocycles. The Labute approximate surface area is 83.7 Å². The lowest BCUT2D eigenvalue weighted by Gasteiger charge is -2.10. The monoisotopic (exact) mass is 194 g/mol. The van der Waals surface area contributed by atoms with Crippen LogP contribution < -0.4 is 4.57 Å². The molecule has 0 unspecified atom stereocenters. The quantitative estimate of drug-likeness (QED) is 0.478. The molecule has 0 amide bonds. The summed E-state index contributed by atoms with van der Waals surface area (Å²) in [4.78, 5) is 1.44. The summed E-state index contributed by atoms with van der Waals surface area (Å²) < 4.78 is 2.41. The summed E-state index contributed by atoms with van der Waals surface area (Å²) >= 11 is 1.85. The lowest BCUT2D eigenvalue weighted by atomic mass is 10.0. The van der Waals surface area contributed by atoms with Gasteiger partial charge in [-0.2, -0.15) is 4.57 Å². The molecule has 0 bridgehead atoms. The first-order valence-electron chi connectivity index (χ1n) is 4.91. The normalized spacial score (nSPS) is 22.2. The Kier molecular flexibility index (Phi) is 2.49. The summed E-state index contributed by atoms with van der Waals surface area (Å²) in [6.07, 6.45) is 8.57. The highest BCUT2D eigenvalue weighted by Crippen LogP contribution is 2.20. The summed E-state index contributed by atoms with van der Waals surface area (Å²) in [6.45, 7) is 4.41. The second-order valence-corrected chi connectivity index (χ2v) is 4.76. The van der Waals surface area contributed by atoms with E-state index in [0.29, 0.717) is 6.04 Å². The predicted octanol–water partition coefficient (Wildman–Crippen LogP) is 2.93. The molecule has 0 saturated heterocycles. The van der Waals surface area contributed by atoms with Crippen LogP contribution in [0.25, 0.3) is 0 Å². The van der Waals surface area contributed by atoms with Gasteiger partial charge < -0.3 is 0 Å². The van der Waals surface area contributed by atoms with Crippen molar-refractivity contribution in [3.8, 4) is 0 Å². The van der Waals surface area contributed by atoms with Gasteiger partial charge in [0, 0.05) is 13.3 Å². The molecule has 2 rings (SSSR count). The minimum Gasteiger partial charge on any atom is -0.186 e. The van der Waals surface area contributed by atoms with Crippen LogP contribution in [0.3, 0.4) is 0 Å². The third kappa shape index (κ3) is 1.68. The van der Waals surface area contributed by atoms with Crippen LogP contribution in [0.2, 0.25) is 0 Å². The van der Waals surface area contributed by atoms with Gasteiger partial charge in [-0.1, -0.05) is 17.4 Å². The number of thiazole rings is 1. The third-order valence-electron chi connectivity index (χ3n) is 2.83. The van der Waals surface area contributed by atoms with Gasteiger partial charge in [0.05, 0.1) is 4.88 Å². The van der Waals surface area contributed by atoms with E-state index in [2.05, 4.69) is 36.1 Å². The molecule has 1 atom stereocenters. The highest BCUT2D eigenvalue weighted by Gasteiger charge is 2.21. The second kappa shape index (κ2) is 3.62. The molecule has 1 heterocycles. The van der Waals surface area contributed by atoms with Crippen molar-refractivity contribution in [1.29, 1.82) is 0 Å². The van der Waals surface area contributed by atoms with Crippen LogP contribution in [0, 0.1) is 13.8 Å². The average Bonchev–Trinajstić information content (AvgIpc) is 2.49. The molecule has 0 aliphatic heterocycles. The van der Waals surface area contributed by atoms with Crippen LogP contribution in [0.15, 0.2) is 17.7 Å². The zero-order valence-corrected chi connectivity index (χ0v) is 9.10. The zero-order chi connectivity index (χ0) is 9.26. The Morgan fingerprint density at radius 2 is 2.31 bits per heavy atom. The van der Waals surface area contributed by atoms with Crippen molar-refractivity contribution in [2.45, 2.75) is 39.2 Å². The van der Waals surface area contributed by atoms with Crippen molar-refractivity contribution in [3.63, 3.8) is 0 Å². The number of nitrogens with zero attached hydrogens (tertiary/aromatic N) is 1. The van der Waals surface area contributed by atoms with E-state index in [1.54, 1.807) is 0 Å². The summed E-state index contributed by atoms with van der Waals surface area (Å²) in [5.74, 6) is 0. The van der Waals surface area contributed by atoms with E-state index < -0.39 is 0 Å². The Morgan fingerprint density at radius 1 is 1.46 bits per heavy atom. The highest BCUT2D eigenvalue weighted by molar-refractivity contribution is 7.09. The van der Waals surface area contributed by atoms with E-state index in [0.717, 1.165) is 0 Å². The van der Waals surface area contributed by atoms with Gasteiger partial charge in [0.15, 0.2) is 11.7 Å². The molecule has 2 heteroatoms. The molecule has 0 aromatic carbocycles. The van der Waals surface area contributed by atoms with Crippen LogP contribution in [-0.2, 0) is 0 Å². The van der Waals surface area contributed by atoms with Crippen LogP contribution >= 0.6 is 11.3 Å². The van der Waals surface area contributed by atoms with Crippen LogP contribution in [0.1, 0.15) is 35.9 Å². The summed E-state index contributed by atoms with van der Waals surface area (Å²) in [6, 6.07) is 0.624. The average molecular weight is 194 g/mol.